The molecule has 1 aromatic heterocycles. The van der Waals surface area contributed by atoms with E-state index in [2.05, 4.69) is 30.8 Å². The van der Waals surface area contributed by atoms with Gasteiger partial charge in [-0.05, 0) is 38.0 Å². The predicted octanol–water partition coefficient (Wildman–Crippen LogP) is 4.06. The molecule has 1 saturated carbocycles. The topological polar surface area (TPSA) is 33.2 Å². The molecule has 1 fully saturated rings. The van der Waals surface area contributed by atoms with Gasteiger partial charge in [0.25, 0.3) is 0 Å². The van der Waals surface area contributed by atoms with Crippen molar-refractivity contribution in [3.8, 4) is 0 Å². The second kappa shape index (κ2) is 5.23. The summed E-state index contributed by atoms with van der Waals surface area (Å²) in [7, 11) is 2.12. The Morgan fingerprint density at radius 1 is 1.37 bits per heavy atom. The molecule has 2 rings (SSSR count). The second-order valence-corrected chi connectivity index (χ2v) is 7.45. The van der Waals surface area contributed by atoms with Gasteiger partial charge in [0.15, 0.2) is 10.9 Å². The molecule has 0 bridgehead atoms. The third-order valence-corrected chi connectivity index (χ3v) is 5.61. The van der Waals surface area contributed by atoms with E-state index in [1.54, 1.807) is 6.92 Å². The lowest BCUT2D eigenvalue weighted by Gasteiger charge is -2.38. The minimum atomic E-state index is 0.124. The first kappa shape index (κ1) is 14.5. The van der Waals surface area contributed by atoms with E-state index >= 15 is 0 Å². The molecule has 106 valence electrons. The molecule has 1 aromatic rings. The zero-order chi connectivity index (χ0) is 14.2. The highest BCUT2D eigenvalue weighted by molar-refractivity contribution is 7.17. The fourth-order valence-corrected chi connectivity index (χ4v) is 3.78. The largest absolute Gasteiger partial charge is 0.348 e. The SMILES string of the molecule is CC(=O)c1sc(N(C)C2CCC(C)(C)CC2)nc1C. The Labute approximate surface area is 120 Å². The van der Waals surface area contributed by atoms with Crippen LogP contribution in [-0.4, -0.2) is 23.9 Å². The highest BCUT2D eigenvalue weighted by Gasteiger charge is 2.30. The van der Waals surface area contributed by atoms with E-state index in [-0.39, 0.29) is 5.78 Å². The Kier molecular flexibility index (Phi) is 4.00. The molecule has 0 radical (unpaired) electrons. The molecule has 0 saturated heterocycles. The van der Waals surface area contributed by atoms with Crippen molar-refractivity contribution in [2.45, 2.75) is 59.4 Å². The zero-order valence-electron chi connectivity index (χ0n) is 12.6. The molecule has 0 unspecified atom stereocenters. The summed E-state index contributed by atoms with van der Waals surface area (Å²) in [6.07, 6.45) is 4.98. The number of Topliss-reactive ketones (excluding diaryl/α,β-unsaturated/α-hetero) is 1. The Bertz CT molecular complexity index is 468. The molecule has 1 heterocycles. The van der Waals surface area contributed by atoms with Gasteiger partial charge >= 0.3 is 0 Å². The third-order valence-electron chi connectivity index (χ3n) is 4.26. The number of carbonyl (C=O) groups is 1. The van der Waals surface area contributed by atoms with Crippen LogP contribution >= 0.6 is 11.3 Å². The molecule has 1 aliphatic rings. The predicted molar refractivity (Wildman–Crippen MR) is 81.3 cm³/mol. The first-order valence-electron chi connectivity index (χ1n) is 7.01. The van der Waals surface area contributed by atoms with Gasteiger partial charge in [-0.2, -0.15) is 0 Å². The molecule has 4 heteroatoms. The fraction of sp³-hybridized carbons (Fsp3) is 0.733. The van der Waals surface area contributed by atoms with Crippen LogP contribution < -0.4 is 4.90 Å². The number of anilines is 1. The molecule has 0 N–H and O–H groups in total. The Morgan fingerprint density at radius 3 is 2.42 bits per heavy atom. The van der Waals surface area contributed by atoms with E-state index in [0.29, 0.717) is 11.5 Å². The minimum Gasteiger partial charge on any atom is -0.348 e. The molecule has 0 aromatic carbocycles. The summed E-state index contributed by atoms with van der Waals surface area (Å²) < 4.78 is 0. The van der Waals surface area contributed by atoms with Gasteiger partial charge in [0.2, 0.25) is 0 Å². The molecule has 19 heavy (non-hydrogen) atoms. The number of aromatic nitrogens is 1. The van der Waals surface area contributed by atoms with Gasteiger partial charge in [0.1, 0.15) is 0 Å². The monoisotopic (exact) mass is 280 g/mol. The number of aryl methyl sites for hydroxylation is 1. The molecule has 0 aliphatic heterocycles. The van der Waals surface area contributed by atoms with Crippen LogP contribution in [0.2, 0.25) is 0 Å². The maximum Gasteiger partial charge on any atom is 0.186 e. The highest BCUT2D eigenvalue weighted by Crippen LogP contribution is 2.38. The molecule has 0 spiro atoms. The van der Waals surface area contributed by atoms with Gasteiger partial charge in [-0.1, -0.05) is 25.2 Å². The lowest BCUT2D eigenvalue weighted by Crippen LogP contribution is -2.37. The Balaban J connectivity index is 2.10. The number of thiazole rings is 1. The third kappa shape index (κ3) is 3.16. The van der Waals surface area contributed by atoms with E-state index in [9.17, 15) is 4.79 Å². The Morgan fingerprint density at radius 2 is 1.95 bits per heavy atom. The van der Waals surface area contributed by atoms with Crippen LogP contribution in [0.4, 0.5) is 5.13 Å². The maximum atomic E-state index is 11.5. The van der Waals surface area contributed by atoms with Gasteiger partial charge < -0.3 is 4.90 Å². The van der Waals surface area contributed by atoms with E-state index in [0.717, 1.165) is 15.7 Å². The van der Waals surface area contributed by atoms with Gasteiger partial charge in [-0.25, -0.2) is 4.98 Å². The van der Waals surface area contributed by atoms with Gasteiger partial charge in [0, 0.05) is 20.0 Å². The van der Waals surface area contributed by atoms with Crippen molar-refractivity contribution < 1.29 is 4.79 Å². The normalized spacial score (nSPS) is 19.4. The smallest absolute Gasteiger partial charge is 0.186 e. The van der Waals surface area contributed by atoms with E-state index in [1.807, 2.05) is 6.92 Å². The van der Waals surface area contributed by atoms with Crippen molar-refractivity contribution in [2.24, 2.45) is 5.41 Å². The van der Waals surface area contributed by atoms with Crippen molar-refractivity contribution in [3.05, 3.63) is 10.6 Å². The summed E-state index contributed by atoms with van der Waals surface area (Å²) in [6.45, 7) is 8.25. The highest BCUT2D eigenvalue weighted by atomic mass is 32.1. The molecule has 3 nitrogen and oxygen atoms in total. The standard InChI is InChI=1S/C15H24N2OS/c1-10-13(11(2)18)19-14(16-10)17(5)12-6-8-15(3,4)9-7-12/h12H,6-9H2,1-5H3. The zero-order valence-corrected chi connectivity index (χ0v) is 13.4. The number of hydrogen-bond acceptors (Lipinski definition) is 4. The number of carbonyl (C=O) groups excluding carboxylic acids is 1. The van der Waals surface area contributed by atoms with Crippen LogP contribution in [0.1, 0.15) is 61.8 Å². The first-order chi connectivity index (χ1) is 8.80. The lowest BCUT2D eigenvalue weighted by molar-refractivity contribution is 0.102. The quantitative estimate of drug-likeness (QED) is 0.783. The van der Waals surface area contributed by atoms with E-state index < -0.39 is 0 Å². The summed E-state index contributed by atoms with van der Waals surface area (Å²) >= 11 is 1.53. The number of rotatable bonds is 3. The first-order valence-corrected chi connectivity index (χ1v) is 7.83. The average molecular weight is 280 g/mol. The maximum absolute atomic E-state index is 11.5. The van der Waals surface area contributed by atoms with Crippen LogP contribution in [0.25, 0.3) is 0 Å². The lowest BCUT2D eigenvalue weighted by atomic mass is 9.75. The summed E-state index contributed by atoms with van der Waals surface area (Å²) in [5.41, 5.74) is 1.36. The Hall–Kier alpha value is -0.900. The van der Waals surface area contributed by atoms with Gasteiger partial charge in [0.05, 0.1) is 10.6 Å². The van der Waals surface area contributed by atoms with Crippen molar-refractivity contribution in [2.75, 3.05) is 11.9 Å². The van der Waals surface area contributed by atoms with Gasteiger partial charge in [-0.3, -0.25) is 4.79 Å². The van der Waals surface area contributed by atoms with E-state index in [1.165, 1.54) is 37.0 Å². The summed E-state index contributed by atoms with van der Waals surface area (Å²) in [5.74, 6) is 0.124. The van der Waals surface area contributed by atoms with Crippen LogP contribution in [0.3, 0.4) is 0 Å². The fourth-order valence-electron chi connectivity index (χ4n) is 2.79. The summed E-state index contributed by atoms with van der Waals surface area (Å²) in [4.78, 5) is 19.2. The average Bonchev–Trinajstić information content (AvgIpc) is 2.70. The molecular formula is C15H24N2OS. The van der Waals surface area contributed by atoms with Crippen LogP contribution in [0.5, 0.6) is 0 Å². The molecule has 1 aliphatic carbocycles. The number of ketones is 1. The van der Waals surface area contributed by atoms with Crippen LogP contribution in [-0.2, 0) is 0 Å². The van der Waals surface area contributed by atoms with Crippen molar-refractivity contribution in [3.63, 3.8) is 0 Å². The summed E-state index contributed by atoms with van der Waals surface area (Å²) in [6, 6.07) is 0.568. The minimum absolute atomic E-state index is 0.124. The van der Waals surface area contributed by atoms with Crippen LogP contribution in [0, 0.1) is 12.3 Å². The summed E-state index contributed by atoms with van der Waals surface area (Å²) in [5, 5.41) is 0.993. The number of nitrogens with zero attached hydrogens (tertiary/aromatic N) is 2. The molecular weight excluding hydrogens is 256 g/mol. The van der Waals surface area contributed by atoms with Crippen molar-refractivity contribution >= 4 is 22.3 Å². The van der Waals surface area contributed by atoms with E-state index in [4.69, 9.17) is 0 Å². The van der Waals surface area contributed by atoms with Crippen LogP contribution in [0.15, 0.2) is 0 Å². The van der Waals surface area contributed by atoms with Crippen molar-refractivity contribution in [1.29, 1.82) is 0 Å². The van der Waals surface area contributed by atoms with Gasteiger partial charge in [-0.15, -0.1) is 0 Å². The number of hydrogen-bond donors (Lipinski definition) is 0. The molecule has 0 atom stereocenters. The second-order valence-electron chi connectivity index (χ2n) is 6.47. The van der Waals surface area contributed by atoms with Crippen molar-refractivity contribution in [1.82, 2.24) is 4.98 Å². The molecule has 0 amide bonds.